The maximum absolute atomic E-state index is 12.5. The van der Waals surface area contributed by atoms with Crippen LogP contribution in [0.1, 0.15) is 43.0 Å². The molecule has 0 radical (unpaired) electrons. The molecule has 1 saturated heterocycles. The molecule has 1 N–H and O–H groups in total. The van der Waals surface area contributed by atoms with Crippen molar-refractivity contribution in [1.82, 2.24) is 9.78 Å². The van der Waals surface area contributed by atoms with Crippen LogP contribution in [0.3, 0.4) is 0 Å². The quantitative estimate of drug-likeness (QED) is 0.274. The van der Waals surface area contributed by atoms with Gasteiger partial charge >= 0.3 is 5.97 Å². The molecule has 1 amide bonds. The summed E-state index contributed by atoms with van der Waals surface area (Å²) in [5, 5.41) is 17.9. The molecule has 5 rings (SSSR count). The molecule has 1 atom stereocenters. The second-order valence-electron chi connectivity index (χ2n) is 8.91. The number of aromatic nitrogens is 2. The zero-order valence-corrected chi connectivity index (χ0v) is 20.2. The molecule has 2 heterocycles. The monoisotopic (exact) mass is 494 g/mol. The minimum absolute atomic E-state index is 0.119. The molecule has 8 heteroatoms. The van der Waals surface area contributed by atoms with Gasteiger partial charge in [0, 0.05) is 23.2 Å². The van der Waals surface area contributed by atoms with Gasteiger partial charge in [-0.1, -0.05) is 42.5 Å². The number of carbonyl (C=O) groups is 2. The second kappa shape index (κ2) is 11.1. The fraction of sp³-hybridized carbons (Fsp3) is 0.241. The Labute approximate surface area is 214 Å². The third kappa shape index (κ3) is 5.68. The summed E-state index contributed by atoms with van der Waals surface area (Å²) in [6, 6.07) is 24.3. The molecule has 0 saturated carbocycles. The highest BCUT2D eigenvalue weighted by molar-refractivity contribution is 6.02. The van der Waals surface area contributed by atoms with Crippen molar-refractivity contribution in [2.24, 2.45) is 0 Å². The Morgan fingerprint density at radius 1 is 1.08 bits per heavy atom. The molecule has 0 spiro atoms. The first-order valence-corrected chi connectivity index (χ1v) is 12.2. The zero-order valence-electron chi connectivity index (χ0n) is 20.2. The fourth-order valence-electron chi connectivity index (χ4n) is 4.43. The number of ether oxygens (including phenoxy) is 2. The lowest BCUT2D eigenvalue weighted by Gasteiger charge is -2.23. The van der Waals surface area contributed by atoms with Gasteiger partial charge in [-0.2, -0.15) is 10.4 Å². The molecule has 37 heavy (non-hydrogen) atoms. The summed E-state index contributed by atoms with van der Waals surface area (Å²) < 4.78 is 13.1. The number of esters is 1. The molecule has 1 aromatic heterocycles. The Balaban J connectivity index is 1.34. The van der Waals surface area contributed by atoms with E-state index in [0.29, 0.717) is 23.6 Å². The van der Waals surface area contributed by atoms with Crippen LogP contribution in [0.4, 0.5) is 5.69 Å². The highest BCUT2D eigenvalue weighted by atomic mass is 16.5. The highest BCUT2D eigenvalue weighted by Crippen LogP contribution is 2.34. The lowest BCUT2D eigenvalue weighted by molar-refractivity contribution is -0.146. The lowest BCUT2D eigenvalue weighted by atomic mass is 10.1. The van der Waals surface area contributed by atoms with Crippen LogP contribution >= 0.6 is 0 Å². The van der Waals surface area contributed by atoms with Crippen molar-refractivity contribution >= 4 is 28.5 Å². The summed E-state index contributed by atoms with van der Waals surface area (Å²) in [4.78, 5) is 24.6. The lowest BCUT2D eigenvalue weighted by Crippen LogP contribution is -2.19. The first-order chi connectivity index (χ1) is 18.1. The predicted octanol–water partition coefficient (Wildman–Crippen LogP) is 5.35. The SMILES string of the molecule is N#Cc1ccc2c(c1)c(-c1cccc(NC(=O)CC(=O)OCc3ccccc3)c1)nn2C1CCCCO1. The second-order valence-corrected chi connectivity index (χ2v) is 8.91. The summed E-state index contributed by atoms with van der Waals surface area (Å²) >= 11 is 0. The topological polar surface area (TPSA) is 106 Å². The summed E-state index contributed by atoms with van der Waals surface area (Å²) in [6.45, 7) is 0.806. The maximum atomic E-state index is 12.5. The van der Waals surface area contributed by atoms with Crippen molar-refractivity contribution in [3.63, 3.8) is 0 Å². The normalized spacial score (nSPS) is 15.2. The molecule has 8 nitrogen and oxygen atoms in total. The van der Waals surface area contributed by atoms with Gasteiger partial charge in [0.15, 0.2) is 6.23 Å². The van der Waals surface area contributed by atoms with Crippen molar-refractivity contribution in [2.45, 2.75) is 38.5 Å². The largest absolute Gasteiger partial charge is 0.460 e. The number of fused-ring (bicyclic) bond motifs is 1. The summed E-state index contributed by atoms with van der Waals surface area (Å²) in [6.07, 6.45) is 2.41. The molecule has 4 aromatic rings. The summed E-state index contributed by atoms with van der Waals surface area (Å²) in [5.41, 5.74) is 4.28. The summed E-state index contributed by atoms with van der Waals surface area (Å²) in [7, 11) is 0. The van der Waals surface area contributed by atoms with Crippen LogP contribution < -0.4 is 5.32 Å². The van der Waals surface area contributed by atoms with E-state index in [0.717, 1.165) is 41.3 Å². The predicted molar refractivity (Wildman–Crippen MR) is 138 cm³/mol. The van der Waals surface area contributed by atoms with Gasteiger partial charge in [-0.3, -0.25) is 9.59 Å². The van der Waals surface area contributed by atoms with E-state index >= 15 is 0 Å². The molecular weight excluding hydrogens is 468 g/mol. The number of anilines is 1. The van der Waals surface area contributed by atoms with Crippen LogP contribution in [0.15, 0.2) is 72.8 Å². The van der Waals surface area contributed by atoms with Crippen LogP contribution in [0.2, 0.25) is 0 Å². The number of rotatable bonds is 7. The van der Waals surface area contributed by atoms with Crippen LogP contribution in [0.25, 0.3) is 22.2 Å². The van der Waals surface area contributed by atoms with Gasteiger partial charge in [0.05, 0.1) is 17.1 Å². The molecule has 3 aromatic carbocycles. The average Bonchev–Trinajstić information content (AvgIpc) is 3.32. The van der Waals surface area contributed by atoms with E-state index in [9.17, 15) is 14.9 Å². The van der Waals surface area contributed by atoms with Gasteiger partial charge in [-0.05, 0) is 55.2 Å². The minimum Gasteiger partial charge on any atom is -0.460 e. The number of nitriles is 1. The maximum Gasteiger partial charge on any atom is 0.315 e. The van der Waals surface area contributed by atoms with E-state index in [2.05, 4.69) is 11.4 Å². The van der Waals surface area contributed by atoms with Crippen molar-refractivity contribution < 1.29 is 19.1 Å². The number of hydrogen-bond acceptors (Lipinski definition) is 6. The first kappa shape index (κ1) is 24.2. The van der Waals surface area contributed by atoms with E-state index in [4.69, 9.17) is 14.6 Å². The number of carbonyl (C=O) groups excluding carboxylic acids is 2. The van der Waals surface area contributed by atoms with Crippen molar-refractivity contribution in [2.75, 3.05) is 11.9 Å². The Bertz CT molecular complexity index is 1470. The molecule has 0 aliphatic carbocycles. The van der Waals surface area contributed by atoms with Crippen LogP contribution in [-0.4, -0.2) is 28.3 Å². The third-order valence-corrected chi connectivity index (χ3v) is 6.23. The standard InChI is InChI=1S/C29H26N4O4/c30-18-21-12-13-25-24(15-21)29(32-33(25)27-11-4-5-14-36-27)22-9-6-10-23(16-22)31-26(34)17-28(35)37-19-20-7-2-1-3-8-20/h1-3,6-10,12-13,15-16,27H,4-5,11,14,17,19H2,(H,31,34). The van der Waals surface area contributed by atoms with Crippen LogP contribution in [-0.2, 0) is 25.7 Å². The van der Waals surface area contributed by atoms with E-state index in [-0.39, 0.29) is 19.3 Å². The Morgan fingerprint density at radius 2 is 1.95 bits per heavy atom. The van der Waals surface area contributed by atoms with Gasteiger partial charge in [-0.15, -0.1) is 0 Å². The number of benzene rings is 3. The number of nitrogens with zero attached hydrogens (tertiary/aromatic N) is 3. The van der Waals surface area contributed by atoms with Crippen LogP contribution in [0.5, 0.6) is 0 Å². The first-order valence-electron chi connectivity index (χ1n) is 12.2. The highest BCUT2D eigenvalue weighted by Gasteiger charge is 2.22. The number of amides is 1. The molecule has 0 bridgehead atoms. The minimum atomic E-state index is -0.598. The molecule has 1 aliphatic heterocycles. The van der Waals surface area contributed by atoms with E-state index in [1.54, 1.807) is 18.2 Å². The van der Waals surface area contributed by atoms with Gasteiger partial charge in [0.1, 0.15) is 18.7 Å². The molecule has 1 unspecified atom stereocenters. The molecular formula is C29H26N4O4. The van der Waals surface area contributed by atoms with Crippen molar-refractivity contribution in [3.05, 3.63) is 83.9 Å². The molecule has 1 fully saturated rings. The van der Waals surface area contributed by atoms with Crippen LogP contribution in [0, 0.1) is 11.3 Å². The van der Waals surface area contributed by atoms with Gasteiger partial charge in [-0.25, -0.2) is 4.68 Å². The van der Waals surface area contributed by atoms with E-state index < -0.39 is 11.9 Å². The third-order valence-electron chi connectivity index (χ3n) is 6.23. The number of nitrogens with one attached hydrogen (secondary N) is 1. The number of hydrogen-bond donors (Lipinski definition) is 1. The van der Waals surface area contributed by atoms with E-state index in [1.807, 2.05) is 59.3 Å². The molecule has 1 aliphatic rings. The zero-order chi connectivity index (χ0) is 25.6. The Hall–Kier alpha value is -4.48. The van der Waals surface area contributed by atoms with Gasteiger partial charge in [0.25, 0.3) is 0 Å². The van der Waals surface area contributed by atoms with Crippen molar-refractivity contribution in [3.8, 4) is 17.3 Å². The van der Waals surface area contributed by atoms with Gasteiger partial charge in [0.2, 0.25) is 5.91 Å². The van der Waals surface area contributed by atoms with Crippen molar-refractivity contribution in [1.29, 1.82) is 5.26 Å². The van der Waals surface area contributed by atoms with E-state index in [1.165, 1.54) is 0 Å². The smallest absolute Gasteiger partial charge is 0.315 e. The Kier molecular flexibility index (Phi) is 7.24. The fourth-order valence-corrected chi connectivity index (χ4v) is 4.43. The molecule has 186 valence electrons. The summed E-state index contributed by atoms with van der Waals surface area (Å²) in [5.74, 6) is -1.06. The average molecular weight is 495 g/mol. The van der Waals surface area contributed by atoms with Gasteiger partial charge < -0.3 is 14.8 Å². The Morgan fingerprint density at radius 3 is 2.73 bits per heavy atom.